The Morgan fingerprint density at radius 1 is 1.34 bits per heavy atom. The first-order chi connectivity index (χ1) is 13.9. The van der Waals surface area contributed by atoms with Crippen LogP contribution in [-0.2, 0) is 12.8 Å². The van der Waals surface area contributed by atoms with Gasteiger partial charge in [-0.3, -0.25) is 9.89 Å². The zero-order chi connectivity index (χ0) is 20.8. The molecule has 2 aromatic rings. The second-order valence-electron chi connectivity index (χ2n) is 8.75. The minimum Gasteiger partial charge on any atom is -0.340 e. The third kappa shape index (κ3) is 6.58. The molecule has 1 unspecified atom stereocenters. The molecule has 1 aromatic carbocycles. The van der Waals surface area contributed by atoms with Crippen molar-refractivity contribution in [3.8, 4) is 0 Å². The second kappa shape index (κ2) is 10.3. The number of rotatable bonds is 8. The minimum absolute atomic E-state index is 0.00884. The summed E-state index contributed by atoms with van der Waals surface area (Å²) in [4.78, 5) is 17.1. The zero-order valence-corrected chi connectivity index (χ0v) is 18.6. The highest BCUT2D eigenvalue weighted by atomic mass is 35.5. The number of halogens is 1. The molecule has 0 bridgehead atoms. The van der Waals surface area contributed by atoms with Gasteiger partial charge >= 0.3 is 0 Å². The number of H-pyrrole nitrogens is 1. The van der Waals surface area contributed by atoms with Gasteiger partial charge in [-0.25, -0.2) is 0 Å². The number of carbonyl (C=O) groups is 1. The lowest BCUT2D eigenvalue weighted by atomic mass is 9.97. The molecule has 1 aromatic heterocycles. The van der Waals surface area contributed by atoms with E-state index in [2.05, 4.69) is 41.1 Å². The van der Waals surface area contributed by atoms with E-state index in [9.17, 15) is 4.79 Å². The van der Waals surface area contributed by atoms with Crippen molar-refractivity contribution < 1.29 is 4.79 Å². The van der Waals surface area contributed by atoms with Crippen molar-refractivity contribution in [3.63, 3.8) is 0 Å². The molecule has 0 saturated carbocycles. The van der Waals surface area contributed by atoms with E-state index in [0.29, 0.717) is 17.5 Å². The second-order valence-corrected chi connectivity index (χ2v) is 9.18. The van der Waals surface area contributed by atoms with Gasteiger partial charge in [-0.2, -0.15) is 5.10 Å². The summed E-state index contributed by atoms with van der Waals surface area (Å²) in [7, 11) is 1.89. The number of hydrogen-bond donors (Lipinski definition) is 1. The summed E-state index contributed by atoms with van der Waals surface area (Å²) in [5, 5.41) is 8.02. The van der Waals surface area contributed by atoms with Crippen molar-refractivity contribution in [2.75, 3.05) is 33.2 Å². The van der Waals surface area contributed by atoms with Crippen molar-refractivity contribution in [2.24, 2.45) is 11.8 Å². The molecule has 1 fully saturated rings. The van der Waals surface area contributed by atoms with E-state index < -0.39 is 0 Å². The van der Waals surface area contributed by atoms with Crippen LogP contribution in [-0.4, -0.2) is 59.1 Å². The topological polar surface area (TPSA) is 52.2 Å². The summed E-state index contributed by atoms with van der Waals surface area (Å²) >= 11 is 5.97. The molecule has 0 aliphatic carbocycles. The summed E-state index contributed by atoms with van der Waals surface area (Å²) in [6, 6.07) is 10.0. The average molecular weight is 417 g/mol. The fourth-order valence-electron chi connectivity index (χ4n) is 4.12. The van der Waals surface area contributed by atoms with Gasteiger partial charge in [-0.05, 0) is 67.8 Å². The molecule has 5 nitrogen and oxygen atoms in total. The number of hydrogen-bond acceptors (Lipinski definition) is 3. The summed E-state index contributed by atoms with van der Waals surface area (Å²) < 4.78 is 0. The first kappa shape index (κ1) is 21.8. The number of piperidine rings is 1. The van der Waals surface area contributed by atoms with Gasteiger partial charge in [0.15, 0.2) is 0 Å². The van der Waals surface area contributed by atoms with Crippen LogP contribution in [0, 0.1) is 11.8 Å². The molecule has 3 rings (SSSR count). The van der Waals surface area contributed by atoms with E-state index in [4.69, 9.17) is 11.6 Å². The molecule has 0 radical (unpaired) electrons. The van der Waals surface area contributed by atoms with Gasteiger partial charge in [0.25, 0.3) is 5.91 Å². The van der Waals surface area contributed by atoms with Crippen LogP contribution in [0.2, 0.25) is 5.02 Å². The van der Waals surface area contributed by atoms with Crippen LogP contribution in [0.4, 0.5) is 0 Å². The molecule has 1 aliphatic rings. The van der Waals surface area contributed by atoms with Gasteiger partial charge in [0, 0.05) is 37.4 Å². The highest BCUT2D eigenvalue weighted by Gasteiger charge is 2.24. The van der Waals surface area contributed by atoms with Crippen LogP contribution in [0.3, 0.4) is 0 Å². The maximum Gasteiger partial charge on any atom is 0.274 e. The van der Waals surface area contributed by atoms with Gasteiger partial charge < -0.3 is 9.80 Å². The average Bonchev–Trinajstić information content (AvgIpc) is 3.15. The number of benzene rings is 1. The third-order valence-electron chi connectivity index (χ3n) is 5.59. The Balaban J connectivity index is 1.48. The molecule has 158 valence electrons. The maximum absolute atomic E-state index is 12.8. The summed E-state index contributed by atoms with van der Waals surface area (Å²) in [6.45, 7) is 8.34. The molecule has 1 N–H and O–H groups in total. The van der Waals surface area contributed by atoms with E-state index in [1.54, 1.807) is 0 Å². The normalized spacial score (nSPS) is 17.6. The highest BCUT2D eigenvalue weighted by Crippen LogP contribution is 2.19. The number of carbonyl (C=O) groups excluding carboxylic acids is 1. The Labute approximate surface area is 179 Å². The van der Waals surface area contributed by atoms with E-state index >= 15 is 0 Å². The van der Waals surface area contributed by atoms with Gasteiger partial charge in [0.1, 0.15) is 5.69 Å². The lowest BCUT2D eigenvalue weighted by Crippen LogP contribution is -2.42. The molecule has 1 saturated heterocycles. The van der Waals surface area contributed by atoms with Crippen molar-refractivity contribution in [1.82, 2.24) is 20.0 Å². The number of amides is 1. The van der Waals surface area contributed by atoms with E-state index in [1.165, 1.54) is 18.4 Å². The van der Waals surface area contributed by atoms with Crippen molar-refractivity contribution in [3.05, 3.63) is 52.3 Å². The fourth-order valence-corrected chi connectivity index (χ4v) is 4.25. The largest absolute Gasteiger partial charge is 0.340 e. The lowest BCUT2D eigenvalue weighted by Gasteiger charge is -2.34. The molecular weight excluding hydrogens is 384 g/mol. The Kier molecular flexibility index (Phi) is 7.73. The number of aromatic nitrogens is 2. The molecule has 1 atom stereocenters. The summed E-state index contributed by atoms with van der Waals surface area (Å²) in [5.41, 5.74) is 2.88. The Hall–Kier alpha value is -1.85. The van der Waals surface area contributed by atoms with Gasteiger partial charge in [0.2, 0.25) is 0 Å². The van der Waals surface area contributed by atoms with Crippen molar-refractivity contribution in [1.29, 1.82) is 0 Å². The van der Waals surface area contributed by atoms with Gasteiger partial charge in [-0.15, -0.1) is 0 Å². The van der Waals surface area contributed by atoms with Crippen molar-refractivity contribution >= 4 is 17.5 Å². The number of aromatic amines is 1. The van der Waals surface area contributed by atoms with Crippen LogP contribution in [0.5, 0.6) is 0 Å². The van der Waals surface area contributed by atoms with E-state index in [1.807, 2.05) is 30.1 Å². The lowest BCUT2D eigenvalue weighted by molar-refractivity contribution is 0.0724. The number of nitrogens with one attached hydrogen (secondary N) is 1. The highest BCUT2D eigenvalue weighted by molar-refractivity contribution is 6.30. The minimum atomic E-state index is 0.00884. The van der Waals surface area contributed by atoms with E-state index in [0.717, 1.165) is 49.7 Å². The first-order valence-electron chi connectivity index (χ1n) is 10.7. The Morgan fingerprint density at radius 3 is 2.83 bits per heavy atom. The number of nitrogens with zero attached hydrogens (tertiary/aromatic N) is 3. The van der Waals surface area contributed by atoms with E-state index in [-0.39, 0.29) is 5.91 Å². The quantitative estimate of drug-likeness (QED) is 0.698. The van der Waals surface area contributed by atoms with Crippen LogP contribution >= 0.6 is 11.6 Å². The van der Waals surface area contributed by atoms with Crippen LogP contribution in [0.15, 0.2) is 30.3 Å². The maximum atomic E-state index is 12.8. The summed E-state index contributed by atoms with van der Waals surface area (Å²) in [6.07, 6.45) is 4.31. The Morgan fingerprint density at radius 2 is 2.10 bits per heavy atom. The molecule has 1 aliphatic heterocycles. The zero-order valence-electron chi connectivity index (χ0n) is 17.8. The third-order valence-corrected chi connectivity index (χ3v) is 5.84. The van der Waals surface area contributed by atoms with Crippen LogP contribution in [0.25, 0.3) is 0 Å². The smallest absolute Gasteiger partial charge is 0.274 e. The van der Waals surface area contributed by atoms with Gasteiger partial charge in [0.05, 0.1) is 0 Å². The molecule has 29 heavy (non-hydrogen) atoms. The number of likely N-dealkylation sites (tertiary alicyclic amines) is 1. The van der Waals surface area contributed by atoms with Gasteiger partial charge in [-0.1, -0.05) is 37.6 Å². The molecule has 1 amide bonds. The SMILES string of the molecule is CC(C)Cc1cc(C(=O)N(C)CC2CCCN(CCc3ccc(Cl)cc3)C2)n[nH]1. The Bertz CT molecular complexity index is 786. The predicted octanol–water partition coefficient (Wildman–Crippen LogP) is 4.29. The molecular formula is C23H33ClN4O. The first-order valence-corrected chi connectivity index (χ1v) is 11.0. The molecule has 6 heteroatoms. The standard InChI is InChI=1S/C23H33ClN4O/c1-17(2)13-21-14-22(26-25-21)23(29)27(3)15-19-5-4-11-28(16-19)12-10-18-6-8-20(24)9-7-18/h6-9,14,17,19H,4-5,10-13,15-16H2,1-3H3,(H,25,26). The monoisotopic (exact) mass is 416 g/mol. The predicted molar refractivity (Wildman–Crippen MR) is 118 cm³/mol. The molecule has 2 heterocycles. The molecule has 0 spiro atoms. The van der Waals surface area contributed by atoms with Crippen LogP contribution < -0.4 is 0 Å². The van der Waals surface area contributed by atoms with Crippen molar-refractivity contribution in [2.45, 2.75) is 39.5 Å². The fraction of sp³-hybridized carbons (Fsp3) is 0.565. The van der Waals surface area contributed by atoms with Crippen LogP contribution in [0.1, 0.15) is 48.4 Å². The summed E-state index contributed by atoms with van der Waals surface area (Å²) in [5.74, 6) is 1.06.